The van der Waals surface area contributed by atoms with Gasteiger partial charge in [0.1, 0.15) is 5.60 Å². The Balaban J connectivity index is 0.000000434. The molecule has 0 saturated carbocycles. The van der Waals surface area contributed by atoms with Crippen LogP contribution in [0.15, 0.2) is 0 Å². The van der Waals surface area contributed by atoms with E-state index in [1.807, 2.05) is 27.7 Å². The maximum absolute atomic E-state index is 11.3. The van der Waals surface area contributed by atoms with Crippen LogP contribution in [0.4, 0.5) is 4.79 Å². The summed E-state index contributed by atoms with van der Waals surface area (Å²) >= 11 is 0. The Labute approximate surface area is 126 Å². The lowest BCUT2D eigenvalue weighted by atomic mass is 9.98. The van der Waals surface area contributed by atoms with Crippen molar-refractivity contribution >= 4 is 18.5 Å². The van der Waals surface area contributed by atoms with Gasteiger partial charge in [-0.2, -0.15) is 0 Å². The van der Waals surface area contributed by atoms with Crippen LogP contribution in [0.1, 0.15) is 34.6 Å². The second-order valence-corrected chi connectivity index (χ2v) is 6.93. The third-order valence-electron chi connectivity index (χ3n) is 2.73. The number of rotatable bonds is 0. The van der Waals surface area contributed by atoms with Gasteiger partial charge in [-0.05, 0) is 34.6 Å². The van der Waals surface area contributed by atoms with Crippen LogP contribution in [0.25, 0.3) is 0 Å². The van der Waals surface area contributed by atoms with Crippen molar-refractivity contribution in [1.29, 1.82) is 0 Å². The van der Waals surface area contributed by atoms with E-state index in [0.717, 1.165) is 13.1 Å². The molecule has 0 unspecified atom stereocenters. The van der Waals surface area contributed by atoms with Crippen LogP contribution in [-0.2, 0) is 4.74 Å². The summed E-state index contributed by atoms with van der Waals surface area (Å²) in [7, 11) is 0. The molecule has 1 amide bonds. The van der Waals surface area contributed by atoms with Gasteiger partial charge in [-0.25, -0.2) is 4.79 Å². The van der Waals surface area contributed by atoms with Crippen molar-refractivity contribution < 1.29 is 19.7 Å². The fourth-order valence-electron chi connectivity index (χ4n) is 1.72. The Hall–Kier alpha value is -0.560. The summed E-state index contributed by atoms with van der Waals surface area (Å²) in [6.45, 7) is 11.2. The second-order valence-electron chi connectivity index (χ2n) is 6.93. The number of nitrogens with one attached hydrogen (secondary N) is 1. The van der Waals surface area contributed by atoms with Gasteiger partial charge in [0, 0.05) is 13.1 Å². The first-order valence-electron chi connectivity index (χ1n) is 6.54. The van der Waals surface area contributed by atoms with Gasteiger partial charge in [0.25, 0.3) is 0 Å². The summed E-state index contributed by atoms with van der Waals surface area (Å²) < 4.78 is 5.11. The van der Waals surface area contributed by atoms with Crippen LogP contribution in [0.3, 0.4) is 0 Å². The number of hydrogen-bond acceptors (Lipinski definition) is 5. The maximum Gasteiger partial charge on any atom is 0.410 e. The Bertz CT molecular complexity index is 326. The van der Waals surface area contributed by atoms with Crippen LogP contribution in [0, 0.1) is 0 Å². The van der Waals surface area contributed by atoms with Gasteiger partial charge >= 0.3 is 6.09 Å². The molecule has 120 valence electrons. The molecule has 20 heavy (non-hydrogen) atoms. The zero-order chi connectivity index (χ0) is 14.9. The number of hydrogen-bond donors (Lipinski definition) is 3. The number of halogens is 1. The van der Waals surface area contributed by atoms with Crippen LogP contribution < -0.4 is 5.32 Å². The standard InChI is InChI=1S/C9H17NO3.C4H9NO.ClH/c1-8(2,3)13-7(11)10-5-9(4,12)6-10;1-4(6)2-5-3-4;/h12H,5-6H2,1-4H3;5-6H,2-3H2,1H3;1H. The van der Waals surface area contributed by atoms with Crippen LogP contribution in [0.2, 0.25) is 0 Å². The summed E-state index contributed by atoms with van der Waals surface area (Å²) in [6, 6.07) is 0. The normalized spacial score (nSPS) is 22.2. The van der Waals surface area contributed by atoms with E-state index in [1.165, 1.54) is 4.90 Å². The van der Waals surface area contributed by atoms with Gasteiger partial charge in [0.15, 0.2) is 0 Å². The van der Waals surface area contributed by atoms with E-state index in [-0.39, 0.29) is 24.1 Å². The lowest BCUT2D eigenvalue weighted by molar-refractivity contribution is -0.0864. The number of β-amino-alcohol motifs (C(OH)–C–C–N with tert-alkyl or cyclic N) is 2. The van der Waals surface area contributed by atoms with E-state index in [9.17, 15) is 9.90 Å². The molecule has 6 nitrogen and oxygen atoms in total. The number of nitrogens with zero attached hydrogens (tertiary/aromatic N) is 1. The van der Waals surface area contributed by atoms with Gasteiger partial charge in [-0.1, -0.05) is 0 Å². The molecule has 0 aliphatic carbocycles. The molecule has 3 N–H and O–H groups in total. The summed E-state index contributed by atoms with van der Waals surface area (Å²) in [6.07, 6.45) is -0.348. The molecule has 0 radical (unpaired) electrons. The first kappa shape index (κ1) is 19.4. The number of carbonyl (C=O) groups is 1. The molecule has 2 aliphatic heterocycles. The first-order chi connectivity index (χ1) is 8.40. The van der Waals surface area contributed by atoms with E-state index in [4.69, 9.17) is 9.84 Å². The number of amides is 1. The zero-order valence-electron chi connectivity index (χ0n) is 12.9. The lowest BCUT2D eigenvalue weighted by Gasteiger charge is -2.44. The molecule has 7 heteroatoms. The van der Waals surface area contributed by atoms with E-state index >= 15 is 0 Å². The molecule has 0 atom stereocenters. The summed E-state index contributed by atoms with van der Waals surface area (Å²) in [5, 5.41) is 21.2. The molecule has 0 aromatic rings. The molecule has 0 aromatic carbocycles. The average Bonchev–Trinajstić information content (AvgIpc) is 2.10. The van der Waals surface area contributed by atoms with Crippen molar-refractivity contribution in [2.75, 3.05) is 26.2 Å². The molecule has 0 bridgehead atoms. The smallest absolute Gasteiger partial charge is 0.410 e. The van der Waals surface area contributed by atoms with Crippen molar-refractivity contribution in [3.8, 4) is 0 Å². The minimum absolute atomic E-state index is 0. The van der Waals surface area contributed by atoms with Crippen molar-refractivity contribution in [2.24, 2.45) is 0 Å². The molecular weight excluding hydrogens is 284 g/mol. The Morgan fingerprint density at radius 3 is 1.75 bits per heavy atom. The minimum atomic E-state index is -0.725. The minimum Gasteiger partial charge on any atom is -0.444 e. The van der Waals surface area contributed by atoms with Gasteiger partial charge in [-0.15, -0.1) is 12.4 Å². The summed E-state index contributed by atoms with van der Waals surface area (Å²) in [5.41, 5.74) is -1.57. The highest BCUT2D eigenvalue weighted by atomic mass is 35.5. The fourth-order valence-corrected chi connectivity index (χ4v) is 1.72. The molecule has 2 saturated heterocycles. The largest absolute Gasteiger partial charge is 0.444 e. The summed E-state index contributed by atoms with van der Waals surface area (Å²) in [4.78, 5) is 12.8. The number of ether oxygens (including phenoxy) is 1. The van der Waals surface area contributed by atoms with Crippen LogP contribution in [-0.4, -0.2) is 64.2 Å². The topological polar surface area (TPSA) is 82.0 Å². The van der Waals surface area contributed by atoms with Gasteiger partial charge in [0.05, 0.1) is 24.3 Å². The highest BCUT2D eigenvalue weighted by Gasteiger charge is 2.41. The molecule has 2 fully saturated rings. The van der Waals surface area contributed by atoms with Crippen LogP contribution in [0.5, 0.6) is 0 Å². The average molecular weight is 311 g/mol. The highest BCUT2D eigenvalue weighted by Crippen LogP contribution is 2.22. The zero-order valence-corrected chi connectivity index (χ0v) is 13.7. The third kappa shape index (κ3) is 6.74. The third-order valence-corrected chi connectivity index (χ3v) is 2.73. The van der Waals surface area contributed by atoms with Gasteiger partial charge in [0.2, 0.25) is 0 Å². The lowest BCUT2D eigenvalue weighted by Crippen LogP contribution is -2.62. The Kier molecular flexibility index (Phi) is 6.29. The first-order valence-corrected chi connectivity index (χ1v) is 6.54. The number of aliphatic hydroxyl groups is 2. The molecule has 0 spiro atoms. The van der Waals surface area contributed by atoms with Gasteiger partial charge in [-0.3, -0.25) is 0 Å². The van der Waals surface area contributed by atoms with Crippen LogP contribution >= 0.6 is 12.4 Å². The maximum atomic E-state index is 11.3. The molecule has 0 aromatic heterocycles. The van der Waals surface area contributed by atoms with Crippen molar-refractivity contribution in [1.82, 2.24) is 10.2 Å². The number of likely N-dealkylation sites (tertiary alicyclic amines) is 1. The molecule has 2 heterocycles. The Morgan fingerprint density at radius 1 is 1.15 bits per heavy atom. The van der Waals surface area contributed by atoms with E-state index in [0.29, 0.717) is 13.1 Å². The number of carbonyl (C=O) groups excluding carboxylic acids is 1. The van der Waals surface area contributed by atoms with Crippen molar-refractivity contribution in [3.63, 3.8) is 0 Å². The van der Waals surface area contributed by atoms with Crippen molar-refractivity contribution in [3.05, 3.63) is 0 Å². The van der Waals surface area contributed by atoms with Crippen molar-refractivity contribution in [2.45, 2.75) is 51.4 Å². The molecular formula is C13H27ClN2O4. The molecule has 2 aliphatic rings. The highest BCUT2D eigenvalue weighted by molar-refractivity contribution is 5.85. The predicted molar refractivity (Wildman–Crippen MR) is 79.2 cm³/mol. The Morgan fingerprint density at radius 2 is 1.55 bits per heavy atom. The summed E-state index contributed by atoms with van der Waals surface area (Å²) in [5.74, 6) is 0. The van der Waals surface area contributed by atoms with E-state index in [2.05, 4.69) is 5.32 Å². The van der Waals surface area contributed by atoms with E-state index < -0.39 is 11.2 Å². The second kappa shape index (κ2) is 6.47. The molecule has 2 rings (SSSR count). The monoisotopic (exact) mass is 310 g/mol. The van der Waals surface area contributed by atoms with E-state index in [1.54, 1.807) is 6.92 Å². The van der Waals surface area contributed by atoms with Gasteiger partial charge < -0.3 is 25.2 Å². The fraction of sp³-hybridized carbons (Fsp3) is 0.923. The predicted octanol–water partition coefficient (Wildman–Crippen LogP) is 0.750. The quantitative estimate of drug-likeness (QED) is 0.615. The SMILES string of the molecule is CC1(O)CN(C(=O)OC(C)(C)C)C1.CC1(O)CNC1.Cl.